The Morgan fingerprint density at radius 3 is 2.24 bits per heavy atom. The van der Waals surface area contributed by atoms with Crippen LogP contribution in [0.5, 0.6) is 0 Å². The smallest absolute Gasteiger partial charge is 0.393 e. The first-order chi connectivity index (χ1) is 9.54. The zero-order valence-corrected chi connectivity index (χ0v) is 12.3. The third kappa shape index (κ3) is 4.59. The van der Waals surface area contributed by atoms with E-state index in [1.54, 1.807) is 0 Å². The third-order valence-corrected chi connectivity index (χ3v) is 3.70. The van der Waals surface area contributed by atoms with E-state index in [4.69, 9.17) is 5.11 Å². The molecule has 1 saturated heterocycles. The Hall–Kier alpha value is -1.31. The summed E-state index contributed by atoms with van der Waals surface area (Å²) in [6.07, 6.45) is -4.58. The van der Waals surface area contributed by atoms with E-state index in [-0.39, 0.29) is 18.4 Å². The van der Waals surface area contributed by atoms with Crippen molar-refractivity contribution < 1.29 is 27.9 Å². The predicted octanol–water partition coefficient (Wildman–Crippen LogP) is 1.34. The number of rotatable bonds is 5. The van der Waals surface area contributed by atoms with Crippen molar-refractivity contribution in [3.8, 4) is 0 Å². The van der Waals surface area contributed by atoms with Crippen molar-refractivity contribution in [2.45, 2.75) is 33.0 Å². The van der Waals surface area contributed by atoms with Crippen molar-refractivity contribution >= 4 is 11.9 Å². The number of carboxylic acids is 1. The minimum absolute atomic E-state index is 0.231. The summed E-state index contributed by atoms with van der Waals surface area (Å²) in [4.78, 5) is 24.2. The molecule has 0 bridgehead atoms. The molecule has 2 N–H and O–H groups in total. The Morgan fingerprint density at radius 2 is 1.86 bits per heavy atom. The molecule has 1 fully saturated rings. The van der Waals surface area contributed by atoms with Crippen LogP contribution in [0.25, 0.3) is 0 Å². The SMILES string of the molecule is CC(C)CNC(=O)C(C)N1C[C@@H](C(F)(F)F)[C@H](C(=O)O)C1. The molecule has 3 atom stereocenters. The molecule has 8 heteroatoms. The van der Waals surface area contributed by atoms with Gasteiger partial charge in [-0.15, -0.1) is 0 Å². The summed E-state index contributed by atoms with van der Waals surface area (Å²) in [5.74, 6) is -5.08. The molecular weight excluding hydrogens is 289 g/mol. The van der Waals surface area contributed by atoms with Crippen LogP contribution in [-0.4, -0.2) is 53.7 Å². The van der Waals surface area contributed by atoms with Crippen LogP contribution in [0, 0.1) is 17.8 Å². The molecule has 1 heterocycles. The molecule has 0 aromatic rings. The number of carbonyl (C=O) groups excluding carboxylic acids is 1. The number of halogens is 3. The zero-order chi connectivity index (χ0) is 16.4. The molecule has 1 amide bonds. The first-order valence-electron chi connectivity index (χ1n) is 6.85. The molecule has 0 spiro atoms. The molecule has 5 nitrogen and oxygen atoms in total. The van der Waals surface area contributed by atoms with Gasteiger partial charge in [-0.25, -0.2) is 0 Å². The molecule has 0 aliphatic carbocycles. The first kappa shape index (κ1) is 17.7. The number of alkyl halides is 3. The number of aliphatic carboxylic acids is 1. The molecule has 0 saturated carbocycles. The van der Waals surface area contributed by atoms with Crippen LogP contribution in [0.4, 0.5) is 13.2 Å². The van der Waals surface area contributed by atoms with Crippen molar-refractivity contribution in [3.63, 3.8) is 0 Å². The Kier molecular flexibility index (Phi) is 5.61. The summed E-state index contributed by atoms with van der Waals surface area (Å²) in [6, 6.07) is -0.780. The molecule has 1 aliphatic heterocycles. The topological polar surface area (TPSA) is 69.6 Å². The molecule has 1 aliphatic rings. The number of carbonyl (C=O) groups is 2. The van der Waals surface area contributed by atoms with Crippen molar-refractivity contribution in [1.82, 2.24) is 10.2 Å². The number of carboxylic acid groups (broad SMARTS) is 1. The lowest BCUT2D eigenvalue weighted by Crippen LogP contribution is -2.45. The first-order valence-corrected chi connectivity index (χ1v) is 6.85. The zero-order valence-electron chi connectivity index (χ0n) is 12.3. The quantitative estimate of drug-likeness (QED) is 0.804. The van der Waals surface area contributed by atoms with Gasteiger partial charge >= 0.3 is 12.1 Å². The third-order valence-electron chi connectivity index (χ3n) is 3.70. The summed E-state index contributed by atoms with van der Waals surface area (Å²) < 4.78 is 38.6. The number of amides is 1. The maximum absolute atomic E-state index is 12.9. The lowest BCUT2D eigenvalue weighted by molar-refractivity contribution is -0.188. The van der Waals surface area contributed by atoms with Gasteiger partial charge in [0.05, 0.1) is 17.9 Å². The standard InChI is InChI=1S/C13H21F3N2O3/c1-7(2)4-17-11(19)8(3)18-5-9(12(20)21)10(6-18)13(14,15)16/h7-10H,4-6H2,1-3H3,(H,17,19)(H,20,21)/t8?,9-,10-/m1/s1. The van der Waals surface area contributed by atoms with E-state index in [9.17, 15) is 22.8 Å². The number of hydrogen-bond acceptors (Lipinski definition) is 3. The van der Waals surface area contributed by atoms with Gasteiger partial charge in [0.2, 0.25) is 5.91 Å². The number of hydrogen-bond donors (Lipinski definition) is 2. The molecule has 21 heavy (non-hydrogen) atoms. The summed E-state index contributed by atoms with van der Waals surface area (Å²) in [7, 11) is 0. The highest BCUT2D eigenvalue weighted by molar-refractivity contribution is 5.81. The lowest BCUT2D eigenvalue weighted by Gasteiger charge is -2.24. The fourth-order valence-electron chi connectivity index (χ4n) is 2.35. The summed E-state index contributed by atoms with van der Waals surface area (Å²) in [6.45, 7) is 5.00. The predicted molar refractivity (Wildman–Crippen MR) is 69.6 cm³/mol. The van der Waals surface area contributed by atoms with E-state index >= 15 is 0 Å². The second-order valence-electron chi connectivity index (χ2n) is 5.86. The second-order valence-corrected chi connectivity index (χ2v) is 5.86. The minimum atomic E-state index is -4.58. The molecule has 122 valence electrons. The van der Waals surface area contributed by atoms with E-state index in [0.717, 1.165) is 0 Å². The van der Waals surface area contributed by atoms with Gasteiger partial charge in [-0.1, -0.05) is 13.8 Å². The van der Waals surface area contributed by atoms with Crippen molar-refractivity contribution in [2.75, 3.05) is 19.6 Å². The van der Waals surface area contributed by atoms with E-state index in [1.807, 2.05) is 13.8 Å². The van der Waals surface area contributed by atoms with E-state index in [2.05, 4.69) is 5.32 Å². The van der Waals surface area contributed by atoms with Crippen LogP contribution < -0.4 is 5.32 Å². The fourth-order valence-corrected chi connectivity index (χ4v) is 2.35. The highest BCUT2D eigenvalue weighted by Gasteiger charge is 2.53. The van der Waals surface area contributed by atoms with Crippen LogP contribution in [0.2, 0.25) is 0 Å². The van der Waals surface area contributed by atoms with Crippen LogP contribution >= 0.6 is 0 Å². The summed E-state index contributed by atoms with van der Waals surface area (Å²) in [5, 5.41) is 11.6. The van der Waals surface area contributed by atoms with Crippen LogP contribution in [-0.2, 0) is 9.59 Å². The molecule has 1 unspecified atom stereocenters. The average Bonchev–Trinajstić information content (AvgIpc) is 2.79. The Morgan fingerprint density at radius 1 is 1.29 bits per heavy atom. The number of likely N-dealkylation sites (tertiary alicyclic amines) is 1. The van der Waals surface area contributed by atoms with Gasteiger partial charge in [-0.05, 0) is 12.8 Å². The lowest BCUT2D eigenvalue weighted by atomic mass is 9.96. The van der Waals surface area contributed by atoms with Crippen LogP contribution in [0.15, 0.2) is 0 Å². The molecule has 0 aromatic heterocycles. The second kappa shape index (κ2) is 6.64. The van der Waals surface area contributed by atoms with E-state index < -0.39 is 36.6 Å². The average molecular weight is 310 g/mol. The maximum Gasteiger partial charge on any atom is 0.393 e. The van der Waals surface area contributed by atoms with Crippen LogP contribution in [0.1, 0.15) is 20.8 Å². The van der Waals surface area contributed by atoms with Gasteiger partial charge < -0.3 is 10.4 Å². The number of nitrogens with zero attached hydrogens (tertiary/aromatic N) is 1. The van der Waals surface area contributed by atoms with E-state index in [1.165, 1.54) is 11.8 Å². The van der Waals surface area contributed by atoms with Gasteiger partial charge in [-0.2, -0.15) is 13.2 Å². The van der Waals surface area contributed by atoms with E-state index in [0.29, 0.717) is 6.54 Å². The van der Waals surface area contributed by atoms with Gasteiger partial charge in [0.25, 0.3) is 0 Å². The van der Waals surface area contributed by atoms with Gasteiger partial charge in [-0.3, -0.25) is 14.5 Å². The highest BCUT2D eigenvalue weighted by atomic mass is 19.4. The molecule has 0 radical (unpaired) electrons. The normalized spacial score (nSPS) is 25.1. The Bertz CT molecular complexity index is 399. The maximum atomic E-state index is 12.9. The van der Waals surface area contributed by atoms with Gasteiger partial charge in [0, 0.05) is 19.6 Å². The fraction of sp³-hybridized carbons (Fsp3) is 0.846. The van der Waals surface area contributed by atoms with Gasteiger partial charge in [0.1, 0.15) is 0 Å². The minimum Gasteiger partial charge on any atom is -0.481 e. The highest BCUT2D eigenvalue weighted by Crippen LogP contribution is 2.38. The monoisotopic (exact) mass is 310 g/mol. The molecule has 0 aromatic carbocycles. The Balaban J connectivity index is 2.73. The van der Waals surface area contributed by atoms with Crippen molar-refractivity contribution in [2.24, 2.45) is 17.8 Å². The van der Waals surface area contributed by atoms with Crippen LogP contribution in [0.3, 0.4) is 0 Å². The van der Waals surface area contributed by atoms with Crippen molar-refractivity contribution in [3.05, 3.63) is 0 Å². The molecular formula is C13H21F3N2O3. The Labute approximate surface area is 121 Å². The molecule has 1 rings (SSSR count). The summed E-state index contributed by atoms with van der Waals surface area (Å²) in [5.41, 5.74) is 0. The number of nitrogens with one attached hydrogen (secondary N) is 1. The van der Waals surface area contributed by atoms with Crippen molar-refractivity contribution in [1.29, 1.82) is 0 Å². The largest absolute Gasteiger partial charge is 0.481 e. The summed E-state index contributed by atoms with van der Waals surface area (Å²) >= 11 is 0. The van der Waals surface area contributed by atoms with Gasteiger partial charge in [0.15, 0.2) is 0 Å².